The standard InChI is InChI=1S/C18H20N2O6.ClH/c1-23-14-9-13(10-15(24-2)16(14)25-3)17(21)20-7-8-26-18(22)12-5-4-6-19-11-12;/h4-6,9-11H,7-8H2,1-3H3,(H,20,21);1H. The molecule has 1 amide bonds. The Bertz CT molecular complexity index is 745. The zero-order chi connectivity index (χ0) is 18.9. The first-order valence-corrected chi connectivity index (χ1v) is 7.76. The lowest BCUT2D eigenvalue weighted by atomic mass is 10.1. The van der Waals surface area contributed by atoms with Crippen molar-refractivity contribution in [1.29, 1.82) is 0 Å². The van der Waals surface area contributed by atoms with Crippen molar-refractivity contribution >= 4 is 24.3 Å². The third kappa shape index (κ3) is 5.75. The third-order valence-electron chi connectivity index (χ3n) is 3.44. The Morgan fingerprint density at radius 1 is 1.04 bits per heavy atom. The Hall–Kier alpha value is -3.00. The molecule has 27 heavy (non-hydrogen) atoms. The van der Waals surface area contributed by atoms with Crippen molar-refractivity contribution in [3.8, 4) is 17.2 Å². The fourth-order valence-corrected chi connectivity index (χ4v) is 2.19. The number of rotatable bonds is 8. The maximum atomic E-state index is 12.3. The monoisotopic (exact) mass is 396 g/mol. The molecule has 0 aliphatic carbocycles. The van der Waals surface area contributed by atoms with E-state index in [0.717, 1.165) is 0 Å². The number of nitrogens with one attached hydrogen (secondary N) is 1. The Balaban J connectivity index is 0.00000364. The normalized spacial score (nSPS) is 9.59. The summed E-state index contributed by atoms with van der Waals surface area (Å²) in [5.41, 5.74) is 0.682. The van der Waals surface area contributed by atoms with Gasteiger partial charge in [-0.15, -0.1) is 12.4 Å². The van der Waals surface area contributed by atoms with E-state index in [1.807, 2.05) is 0 Å². The van der Waals surface area contributed by atoms with Gasteiger partial charge in [0.05, 0.1) is 33.4 Å². The van der Waals surface area contributed by atoms with Crippen LogP contribution in [-0.4, -0.2) is 51.3 Å². The Morgan fingerprint density at radius 2 is 1.70 bits per heavy atom. The fourth-order valence-electron chi connectivity index (χ4n) is 2.19. The third-order valence-corrected chi connectivity index (χ3v) is 3.44. The molecule has 1 aromatic carbocycles. The summed E-state index contributed by atoms with van der Waals surface area (Å²) in [6, 6.07) is 6.32. The summed E-state index contributed by atoms with van der Waals surface area (Å²) in [4.78, 5) is 27.9. The van der Waals surface area contributed by atoms with Crippen LogP contribution in [0.5, 0.6) is 17.2 Å². The second-order valence-electron chi connectivity index (χ2n) is 5.05. The molecule has 0 saturated carbocycles. The van der Waals surface area contributed by atoms with Gasteiger partial charge in [-0.1, -0.05) is 0 Å². The van der Waals surface area contributed by atoms with Gasteiger partial charge in [0.25, 0.3) is 5.91 Å². The van der Waals surface area contributed by atoms with Gasteiger partial charge in [-0.05, 0) is 24.3 Å². The number of hydrogen-bond donors (Lipinski definition) is 1. The van der Waals surface area contributed by atoms with Crippen LogP contribution in [-0.2, 0) is 4.74 Å². The average Bonchev–Trinajstić information content (AvgIpc) is 2.70. The smallest absolute Gasteiger partial charge is 0.339 e. The Kier molecular flexibility index (Phi) is 8.87. The highest BCUT2D eigenvalue weighted by atomic mass is 35.5. The predicted octanol–water partition coefficient (Wildman–Crippen LogP) is 2.12. The molecular formula is C18H21ClN2O6. The molecular weight excluding hydrogens is 376 g/mol. The van der Waals surface area contributed by atoms with E-state index in [1.165, 1.54) is 27.5 Å². The molecule has 2 rings (SSSR count). The molecule has 0 saturated heterocycles. The highest BCUT2D eigenvalue weighted by Gasteiger charge is 2.17. The molecule has 2 aromatic rings. The molecule has 1 aromatic heterocycles. The number of hydrogen-bond acceptors (Lipinski definition) is 7. The number of carbonyl (C=O) groups excluding carboxylic acids is 2. The summed E-state index contributed by atoms with van der Waals surface area (Å²) in [5.74, 6) is 0.291. The van der Waals surface area contributed by atoms with Gasteiger partial charge in [-0.25, -0.2) is 4.79 Å². The predicted molar refractivity (Wildman–Crippen MR) is 100 cm³/mol. The van der Waals surface area contributed by atoms with Gasteiger partial charge in [-0.3, -0.25) is 9.78 Å². The van der Waals surface area contributed by atoms with Crippen LogP contribution in [0.4, 0.5) is 0 Å². The minimum absolute atomic E-state index is 0. The van der Waals surface area contributed by atoms with E-state index in [2.05, 4.69) is 10.3 Å². The van der Waals surface area contributed by atoms with Crippen LogP contribution >= 0.6 is 12.4 Å². The van der Waals surface area contributed by atoms with Gasteiger partial charge in [0.2, 0.25) is 5.75 Å². The van der Waals surface area contributed by atoms with Gasteiger partial charge in [0.15, 0.2) is 11.5 Å². The van der Waals surface area contributed by atoms with Crippen LogP contribution in [0, 0.1) is 0 Å². The van der Waals surface area contributed by atoms with Gasteiger partial charge in [-0.2, -0.15) is 0 Å². The van der Waals surface area contributed by atoms with E-state index in [0.29, 0.717) is 28.4 Å². The molecule has 0 fully saturated rings. The highest BCUT2D eigenvalue weighted by molar-refractivity contribution is 5.95. The van der Waals surface area contributed by atoms with E-state index in [9.17, 15) is 9.59 Å². The van der Waals surface area contributed by atoms with Crippen molar-refractivity contribution in [2.24, 2.45) is 0 Å². The molecule has 8 nitrogen and oxygen atoms in total. The van der Waals surface area contributed by atoms with Crippen LogP contribution in [0.1, 0.15) is 20.7 Å². The van der Waals surface area contributed by atoms with Gasteiger partial charge in [0, 0.05) is 18.0 Å². The maximum absolute atomic E-state index is 12.3. The maximum Gasteiger partial charge on any atom is 0.339 e. The fraction of sp³-hybridized carbons (Fsp3) is 0.278. The van der Waals surface area contributed by atoms with E-state index in [-0.39, 0.29) is 31.5 Å². The molecule has 0 aliphatic heterocycles. The number of nitrogens with zero attached hydrogens (tertiary/aromatic N) is 1. The summed E-state index contributed by atoms with van der Waals surface area (Å²) in [5, 5.41) is 2.66. The van der Waals surface area contributed by atoms with Crippen molar-refractivity contribution in [2.75, 3.05) is 34.5 Å². The molecule has 146 valence electrons. The molecule has 0 unspecified atom stereocenters. The lowest BCUT2D eigenvalue weighted by Gasteiger charge is -2.14. The molecule has 0 spiro atoms. The highest BCUT2D eigenvalue weighted by Crippen LogP contribution is 2.38. The number of carbonyl (C=O) groups is 2. The number of halogens is 1. The van der Waals surface area contributed by atoms with Crippen LogP contribution in [0.2, 0.25) is 0 Å². The molecule has 0 aliphatic rings. The lowest BCUT2D eigenvalue weighted by molar-refractivity contribution is 0.0502. The minimum atomic E-state index is -0.500. The van der Waals surface area contributed by atoms with E-state index >= 15 is 0 Å². The topological polar surface area (TPSA) is 96.0 Å². The number of esters is 1. The van der Waals surface area contributed by atoms with Crippen LogP contribution in [0.15, 0.2) is 36.7 Å². The number of ether oxygens (including phenoxy) is 4. The number of methoxy groups -OCH3 is 3. The molecule has 1 heterocycles. The van der Waals surface area contributed by atoms with E-state index < -0.39 is 5.97 Å². The van der Waals surface area contributed by atoms with Crippen LogP contribution in [0.3, 0.4) is 0 Å². The quantitative estimate of drug-likeness (QED) is 0.539. The molecule has 1 N–H and O–H groups in total. The molecule has 9 heteroatoms. The van der Waals surface area contributed by atoms with Gasteiger partial charge < -0.3 is 24.3 Å². The zero-order valence-electron chi connectivity index (χ0n) is 15.2. The second kappa shape index (κ2) is 10.9. The summed E-state index contributed by atoms with van der Waals surface area (Å²) in [6.45, 7) is 0.186. The average molecular weight is 397 g/mol. The Morgan fingerprint density at radius 3 is 2.22 bits per heavy atom. The van der Waals surface area contributed by atoms with Crippen LogP contribution < -0.4 is 19.5 Å². The molecule has 0 radical (unpaired) electrons. The van der Waals surface area contributed by atoms with Gasteiger partial charge in [0.1, 0.15) is 6.61 Å². The summed E-state index contributed by atoms with van der Waals surface area (Å²) < 4.78 is 20.7. The van der Waals surface area contributed by atoms with Crippen molar-refractivity contribution in [1.82, 2.24) is 10.3 Å². The van der Waals surface area contributed by atoms with Crippen LogP contribution in [0.25, 0.3) is 0 Å². The number of amides is 1. The van der Waals surface area contributed by atoms with E-state index in [4.69, 9.17) is 18.9 Å². The lowest BCUT2D eigenvalue weighted by Crippen LogP contribution is -2.28. The first-order valence-electron chi connectivity index (χ1n) is 7.76. The van der Waals surface area contributed by atoms with Crippen molar-refractivity contribution in [3.63, 3.8) is 0 Å². The number of benzene rings is 1. The van der Waals surface area contributed by atoms with Crippen molar-refractivity contribution < 1.29 is 28.5 Å². The molecule has 0 bridgehead atoms. The van der Waals surface area contributed by atoms with Crippen molar-refractivity contribution in [2.45, 2.75) is 0 Å². The number of pyridine rings is 1. The summed E-state index contributed by atoms with van der Waals surface area (Å²) >= 11 is 0. The minimum Gasteiger partial charge on any atom is -0.493 e. The first-order chi connectivity index (χ1) is 12.6. The zero-order valence-corrected chi connectivity index (χ0v) is 16.0. The van der Waals surface area contributed by atoms with Crippen molar-refractivity contribution in [3.05, 3.63) is 47.8 Å². The summed E-state index contributed by atoms with van der Waals surface area (Å²) in [6.07, 6.45) is 2.98. The number of aromatic nitrogens is 1. The SMILES string of the molecule is COc1cc(C(=O)NCCOC(=O)c2cccnc2)cc(OC)c1OC.Cl. The first kappa shape index (κ1) is 22.0. The van der Waals surface area contributed by atoms with E-state index in [1.54, 1.807) is 30.5 Å². The largest absolute Gasteiger partial charge is 0.493 e. The molecule has 0 atom stereocenters. The van der Waals surface area contributed by atoms with Gasteiger partial charge >= 0.3 is 5.97 Å². The summed E-state index contributed by atoms with van der Waals surface area (Å²) in [7, 11) is 4.42. The Labute approximate surface area is 163 Å². The second-order valence-corrected chi connectivity index (χ2v) is 5.05.